The summed E-state index contributed by atoms with van der Waals surface area (Å²) in [5, 5.41) is 7.26. The molecule has 0 bridgehead atoms. The third-order valence-electron chi connectivity index (χ3n) is 4.35. The molecule has 0 radical (unpaired) electrons. The van der Waals surface area contributed by atoms with E-state index in [0.29, 0.717) is 23.4 Å². The van der Waals surface area contributed by atoms with Crippen LogP contribution in [0.5, 0.6) is 0 Å². The molecule has 8 heteroatoms. The normalized spacial score (nSPS) is 28.2. The van der Waals surface area contributed by atoms with Crippen LogP contribution in [0.1, 0.15) is 12.0 Å². The maximum atomic E-state index is 5.98. The van der Waals surface area contributed by atoms with Gasteiger partial charge in [-0.2, -0.15) is 4.99 Å². The Labute approximate surface area is 140 Å². The van der Waals surface area contributed by atoms with Crippen LogP contribution in [0.15, 0.2) is 34.3 Å². The Balaban J connectivity index is 1.91. The highest BCUT2D eigenvalue weighted by Crippen LogP contribution is 2.27. The zero-order valence-corrected chi connectivity index (χ0v) is 13.8. The lowest BCUT2D eigenvalue weighted by Gasteiger charge is -2.41. The van der Waals surface area contributed by atoms with Gasteiger partial charge in [0.05, 0.1) is 0 Å². The summed E-state index contributed by atoms with van der Waals surface area (Å²) in [7, 11) is 1.97. The Bertz CT molecular complexity index is 627. The molecule has 2 atom stereocenters. The first-order valence-electron chi connectivity index (χ1n) is 7.65. The second-order valence-electron chi connectivity index (χ2n) is 5.93. The number of guanidine groups is 2. The molecule has 0 amide bonds. The molecule has 0 spiro atoms. The molecule has 7 nitrogen and oxygen atoms in total. The molecule has 23 heavy (non-hydrogen) atoms. The summed E-state index contributed by atoms with van der Waals surface area (Å²) in [6.45, 7) is 1.76. The van der Waals surface area contributed by atoms with E-state index in [-0.39, 0.29) is 5.96 Å². The van der Waals surface area contributed by atoms with Gasteiger partial charge in [0.25, 0.3) is 0 Å². The fourth-order valence-electron chi connectivity index (χ4n) is 3.16. The second-order valence-corrected chi connectivity index (χ2v) is 6.37. The van der Waals surface area contributed by atoms with Crippen molar-refractivity contribution in [1.82, 2.24) is 15.5 Å². The smallest absolute Gasteiger partial charge is 0.222 e. The van der Waals surface area contributed by atoms with Crippen LogP contribution in [0.4, 0.5) is 0 Å². The second kappa shape index (κ2) is 6.35. The van der Waals surface area contributed by atoms with Crippen LogP contribution in [0.3, 0.4) is 0 Å². The zero-order valence-electron chi connectivity index (χ0n) is 13.1. The molecule has 1 saturated heterocycles. The maximum Gasteiger partial charge on any atom is 0.222 e. The molecule has 1 aromatic carbocycles. The number of halogens is 1. The van der Waals surface area contributed by atoms with Crippen LogP contribution < -0.4 is 22.1 Å². The summed E-state index contributed by atoms with van der Waals surface area (Å²) >= 11 is 5.98. The molecule has 2 aliphatic rings. The zero-order chi connectivity index (χ0) is 16.4. The summed E-state index contributed by atoms with van der Waals surface area (Å²) in [5.74, 6) is -0.225. The Hall–Kier alpha value is -1.83. The molecule has 1 aromatic rings. The van der Waals surface area contributed by atoms with Crippen LogP contribution in [0.25, 0.3) is 0 Å². The first-order valence-corrected chi connectivity index (χ1v) is 8.03. The summed E-state index contributed by atoms with van der Waals surface area (Å²) in [4.78, 5) is 10.9. The number of hydrogen-bond donors (Lipinski definition) is 4. The lowest BCUT2D eigenvalue weighted by Crippen LogP contribution is -2.64. The highest BCUT2D eigenvalue weighted by atomic mass is 35.5. The van der Waals surface area contributed by atoms with Gasteiger partial charge in [-0.3, -0.25) is 4.90 Å². The minimum atomic E-state index is -0.713. The Kier molecular flexibility index (Phi) is 4.43. The van der Waals surface area contributed by atoms with Gasteiger partial charge in [0.15, 0.2) is 11.7 Å². The van der Waals surface area contributed by atoms with E-state index in [1.54, 1.807) is 0 Å². The largest absolute Gasteiger partial charge is 0.369 e. The lowest BCUT2D eigenvalue weighted by atomic mass is 10.1. The van der Waals surface area contributed by atoms with E-state index in [0.717, 1.165) is 25.1 Å². The molecule has 2 heterocycles. The van der Waals surface area contributed by atoms with Gasteiger partial charge in [-0.15, -0.1) is 0 Å². The van der Waals surface area contributed by atoms with Gasteiger partial charge in [-0.05, 0) is 31.2 Å². The summed E-state index contributed by atoms with van der Waals surface area (Å²) in [6.07, 6.45) is 1.67. The molecule has 2 aliphatic heterocycles. The molecule has 1 fully saturated rings. The minimum Gasteiger partial charge on any atom is -0.369 e. The summed E-state index contributed by atoms with van der Waals surface area (Å²) in [6, 6.07) is 8.16. The van der Waals surface area contributed by atoms with Gasteiger partial charge in [-0.25, -0.2) is 4.99 Å². The fraction of sp³-hybridized carbons (Fsp3) is 0.467. The fourth-order valence-corrected chi connectivity index (χ4v) is 3.29. The van der Waals surface area contributed by atoms with Crippen LogP contribution in [-0.4, -0.2) is 48.8 Å². The highest BCUT2D eigenvalue weighted by molar-refractivity contribution is 6.30. The van der Waals surface area contributed by atoms with Crippen molar-refractivity contribution in [3.63, 3.8) is 0 Å². The van der Waals surface area contributed by atoms with Crippen molar-refractivity contribution in [2.45, 2.75) is 24.7 Å². The van der Waals surface area contributed by atoms with Gasteiger partial charge in [0, 0.05) is 30.6 Å². The summed E-state index contributed by atoms with van der Waals surface area (Å²) in [5.41, 5.74) is 12.9. The van der Waals surface area contributed by atoms with Gasteiger partial charge in [0.2, 0.25) is 5.96 Å². The monoisotopic (exact) mass is 335 g/mol. The maximum absolute atomic E-state index is 5.98. The quantitative estimate of drug-likeness (QED) is 0.623. The van der Waals surface area contributed by atoms with E-state index in [1.165, 1.54) is 0 Å². The highest BCUT2D eigenvalue weighted by Gasteiger charge is 2.42. The number of rotatable bonds is 4. The van der Waals surface area contributed by atoms with Crippen molar-refractivity contribution in [2.24, 2.45) is 21.5 Å². The van der Waals surface area contributed by atoms with E-state index >= 15 is 0 Å². The van der Waals surface area contributed by atoms with Crippen molar-refractivity contribution in [1.29, 1.82) is 0 Å². The molecule has 0 aliphatic carbocycles. The number of nitrogens with one attached hydrogen (secondary N) is 2. The van der Waals surface area contributed by atoms with E-state index < -0.39 is 5.79 Å². The van der Waals surface area contributed by atoms with Crippen LogP contribution in [-0.2, 0) is 6.42 Å². The van der Waals surface area contributed by atoms with Crippen molar-refractivity contribution < 1.29 is 0 Å². The number of nitrogens with two attached hydrogens (primary N) is 2. The van der Waals surface area contributed by atoms with Crippen molar-refractivity contribution in [3.05, 3.63) is 34.9 Å². The first kappa shape index (κ1) is 16.0. The van der Waals surface area contributed by atoms with Crippen molar-refractivity contribution in [3.8, 4) is 0 Å². The van der Waals surface area contributed by atoms with Gasteiger partial charge >= 0.3 is 0 Å². The number of likely N-dealkylation sites (N-methyl/N-ethyl adjacent to an activating group) is 1. The standard InChI is InChI=1S/C15H22ClN7/c1-19-12-6-7-23(9-12)15(21-13(17)20-14(18)22-15)8-10-2-4-11(16)5-3-10/h2-5,12,19H,6-9H2,1H3,(H5,17,18,20,21,22)/t12-/m1/s1. The number of aliphatic imine (C=N–C) groups is 2. The Morgan fingerprint density at radius 3 is 2.74 bits per heavy atom. The van der Waals surface area contributed by atoms with E-state index in [4.69, 9.17) is 23.1 Å². The minimum absolute atomic E-state index is 0.197. The molecule has 3 rings (SSSR count). The number of likely N-dealkylation sites (tertiary alicyclic amines) is 1. The molecule has 0 saturated carbocycles. The lowest BCUT2D eigenvalue weighted by molar-refractivity contribution is 0.103. The molecule has 6 N–H and O–H groups in total. The number of benzene rings is 1. The van der Waals surface area contributed by atoms with Crippen LogP contribution in [0, 0.1) is 0 Å². The van der Waals surface area contributed by atoms with E-state index in [1.807, 2.05) is 31.3 Å². The summed E-state index contributed by atoms with van der Waals surface area (Å²) < 4.78 is 0. The first-order chi connectivity index (χ1) is 11.0. The molecular formula is C15H22ClN7. The van der Waals surface area contributed by atoms with Crippen LogP contribution >= 0.6 is 11.6 Å². The molecule has 1 unspecified atom stereocenters. The Morgan fingerprint density at radius 1 is 1.39 bits per heavy atom. The van der Waals surface area contributed by atoms with Crippen molar-refractivity contribution in [2.75, 3.05) is 20.1 Å². The van der Waals surface area contributed by atoms with Crippen molar-refractivity contribution >= 4 is 23.5 Å². The number of hydrogen-bond acceptors (Lipinski definition) is 7. The Morgan fingerprint density at radius 2 is 2.13 bits per heavy atom. The van der Waals surface area contributed by atoms with Gasteiger partial charge in [-0.1, -0.05) is 23.7 Å². The predicted molar refractivity (Wildman–Crippen MR) is 93.3 cm³/mol. The van der Waals surface area contributed by atoms with E-state index in [2.05, 4.69) is 25.5 Å². The molecule has 0 aromatic heterocycles. The van der Waals surface area contributed by atoms with E-state index in [9.17, 15) is 0 Å². The third kappa shape index (κ3) is 3.41. The van der Waals surface area contributed by atoms with Gasteiger partial charge in [0.1, 0.15) is 0 Å². The molecule has 124 valence electrons. The third-order valence-corrected chi connectivity index (χ3v) is 4.60. The SMILES string of the molecule is CN[C@@H]1CCN(C2(Cc3ccc(Cl)cc3)N=C(N)N=C(N)N2)C1. The average Bonchev–Trinajstić information content (AvgIpc) is 2.98. The molecular weight excluding hydrogens is 314 g/mol. The topological polar surface area (TPSA) is 104 Å². The average molecular weight is 336 g/mol. The van der Waals surface area contributed by atoms with Gasteiger partial charge < -0.3 is 22.1 Å². The number of nitrogens with zero attached hydrogens (tertiary/aromatic N) is 3. The predicted octanol–water partition coefficient (Wildman–Crippen LogP) is 0.0626. The van der Waals surface area contributed by atoms with Crippen LogP contribution in [0.2, 0.25) is 5.02 Å².